The minimum Gasteiger partial charge on any atom is -0.475 e. The summed E-state index contributed by atoms with van der Waals surface area (Å²) < 4.78 is 10.6. The molecule has 1 aliphatic rings. The Kier molecular flexibility index (Phi) is 10.5. The first-order chi connectivity index (χ1) is 19.4. The van der Waals surface area contributed by atoms with Crippen LogP contribution in [0.4, 0.5) is 9.59 Å². The monoisotopic (exact) mass is 567 g/mol. The summed E-state index contributed by atoms with van der Waals surface area (Å²) >= 11 is 0. The molecule has 11 nitrogen and oxygen atoms in total. The van der Waals surface area contributed by atoms with Crippen molar-refractivity contribution in [2.45, 2.75) is 70.6 Å². The van der Waals surface area contributed by atoms with Gasteiger partial charge in [-0.1, -0.05) is 48.5 Å². The average Bonchev–Trinajstić information content (AvgIpc) is 3.23. The fraction of sp³-hybridized carbons (Fsp3) is 0.433. The van der Waals surface area contributed by atoms with Gasteiger partial charge in [0.2, 0.25) is 5.91 Å². The van der Waals surface area contributed by atoms with Crippen LogP contribution in [-0.2, 0) is 23.9 Å². The lowest BCUT2D eigenvalue weighted by Crippen LogP contribution is -2.51. The van der Waals surface area contributed by atoms with Crippen LogP contribution in [0, 0.1) is 0 Å². The van der Waals surface area contributed by atoms with Gasteiger partial charge in [0.15, 0.2) is 0 Å². The first-order valence-electron chi connectivity index (χ1n) is 13.5. The topological polar surface area (TPSA) is 160 Å². The highest BCUT2D eigenvalue weighted by Gasteiger charge is 2.31. The molecule has 41 heavy (non-hydrogen) atoms. The number of ether oxygens (including phenoxy) is 2. The van der Waals surface area contributed by atoms with Crippen molar-refractivity contribution in [3.63, 3.8) is 0 Å². The van der Waals surface area contributed by atoms with Crippen molar-refractivity contribution in [1.29, 1.82) is 0 Å². The van der Waals surface area contributed by atoms with Crippen molar-refractivity contribution in [1.82, 2.24) is 16.0 Å². The first kappa shape index (κ1) is 31.1. The number of carbonyl (C=O) groups is 5. The Balaban J connectivity index is 1.48. The Bertz CT molecular complexity index is 1240. The third-order valence-electron chi connectivity index (χ3n) is 6.50. The number of carboxylic acids is 1. The highest BCUT2D eigenvalue weighted by molar-refractivity contribution is 6.35. The van der Waals surface area contributed by atoms with Crippen LogP contribution in [-0.4, -0.2) is 65.8 Å². The molecule has 0 aromatic heterocycles. The fourth-order valence-corrected chi connectivity index (χ4v) is 4.58. The molecule has 0 saturated carbocycles. The van der Waals surface area contributed by atoms with Crippen LogP contribution in [0.3, 0.4) is 0 Å². The summed E-state index contributed by atoms with van der Waals surface area (Å²) in [6, 6.07) is 13.4. The van der Waals surface area contributed by atoms with E-state index in [1.165, 1.54) is 6.92 Å². The minimum absolute atomic E-state index is 0.0323. The van der Waals surface area contributed by atoms with Crippen LogP contribution in [0.2, 0.25) is 0 Å². The molecule has 220 valence electrons. The van der Waals surface area contributed by atoms with E-state index in [1.807, 2.05) is 48.5 Å². The van der Waals surface area contributed by atoms with Gasteiger partial charge in [0, 0.05) is 12.5 Å². The molecule has 0 fully saturated rings. The smallest absolute Gasteiger partial charge is 0.407 e. The third kappa shape index (κ3) is 8.79. The van der Waals surface area contributed by atoms with Gasteiger partial charge in [-0.3, -0.25) is 9.59 Å². The molecule has 3 amide bonds. The molecule has 4 N–H and O–H groups in total. The number of aliphatic carboxylic acids is 1. The van der Waals surface area contributed by atoms with Gasteiger partial charge in [0.05, 0.1) is 6.04 Å². The van der Waals surface area contributed by atoms with Crippen molar-refractivity contribution < 1.29 is 38.6 Å². The van der Waals surface area contributed by atoms with Gasteiger partial charge in [-0.15, -0.1) is 0 Å². The number of fused-ring (bicyclic) bond motifs is 3. The summed E-state index contributed by atoms with van der Waals surface area (Å²) in [7, 11) is 0. The lowest BCUT2D eigenvalue weighted by molar-refractivity contribution is -0.150. The fourth-order valence-electron chi connectivity index (χ4n) is 4.58. The number of amides is 3. The van der Waals surface area contributed by atoms with Crippen molar-refractivity contribution in [3.8, 4) is 11.1 Å². The number of Topliss-reactive ketones (excluding diaryl/α,β-unsaturated/α-hetero) is 1. The number of unbranched alkanes of at least 4 members (excludes halogenated alkanes) is 1. The number of hydrogen-bond acceptors (Lipinski definition) is 7. The highest BCUT2D eigenvalue weighted by atomic mass is 16.6. The van der Waals surface area contributed by atoms with Gasteiger partial charge in [-0.2, -0.15) is 0 Å². The van der Waals surface area contributed by atoms with Gasteiger partial charge >= 0.3 is 18.2 Å². The van der Waals surface area contributed by atoms with Crippen LogP contribution in [0.5, 0.6) is 0 Å². The zero-order valence-corrected chi connectivity index (χ0v) is 23.7. The SMILES string of the molecule is C[C@@H](NC(=O)OCC1c2ccccc2-c2ccccc21)C(=O)N[C@@H](CCCCNC(=O)OC(C)(C)C)C(=O)C(=O)O. The largest absolute Gasteiger partial charge is 0.475 e. The lowest BCUT2D eigenvalue weighted by atomic mass is 9.98. The summed E-state index contributed by atoms with van der Waals surface area (Å²) in [6.45, 7) is 6.93. The lowest BCUT2D eigenvalue weighted by Gasteiger charge is -2.21. The average molecular weight is 568 g/mol. The standard InChI is InChI=1S/C30H37N3O8/c1-18(26(35)33-24(25(34)27(36)37)15-9-10-16-31-28(38)41-30(2,3)4)32-29(39)40-17-23-21-13-7-5-11-19(21)20-12-6-8-14-22(20)23/h5-8,11-14,18,23-24H,9-10,15-17H2,1-4H3,(H,31,38)(H,32,39)(H,33,35)(H,36,37)/t18-,24+/m1/s1. The second-order valence-corrected chi connectivity index (χ2v) is 10.8. The Hall–Kier alpha value is -4.41. The van der Waals surface area contributed by atoms with Gasteiger partial charge in [0.1, 0.15) is 18.2 Å². The maximum absolute atomic E-state index is 12.7. The maximum atomic E-state index is 12.7. The number of hydrogen-bond donors (Lipinski definition) is 4. The van der Waals surface area contributed by atoms with Crippen LogP contribution in [0.1, 0.15) is 64.0 Å². The number of carboxylic acid groups (broad SMARTS) is 1. The third-order valence-corrected chi connectivity index (χ3v) is 6.50. The van der Waals surface area contributed by atoms with E-state index < -0.39 is 47.5 Å². The second kappa shape index (κ2) is 13.8. The molecule has 0 aliphatic heterocycles. The number of carbonyl (C=O) groups excluding carboxylic acids is 4. The van der Waals surface area contributed by atoms with Crippen LogP contribution in [0.25, 0.3) is 11.1 Å². The number of benzene rings is 2. The van der Waals surface area contributed by atoms with Crippen LogP contribution < -0.4 is 16.0 Å². The molecule has 0 heterocycles. The summed E-state index contributed by atoms with van der Waals surface area (Å²) in [6.07, 6.45) is -0.606. The number of nitrogens with one attached hydrogen (secondary N) is 3. The predicted octanol–water partition coefficient (Wildman–Crippen LogP) is 3.75. The van der Waals surface area contributed by atoms with Gasteiger partial charge < -0.3 is 30.5 Å². The van der Waals surface area contributed by atoms with E-state index >= 15 is 0 Å². The minimum atomic E-state index is -1.68. The zero-order valence-electron chi connectivity index (χ0n) is 23.7. The molecule has 11 heteroatoms. The van der Waals surface area contributed by atoms with Gasteiger partial charge in [-0.05, 0) is 69.2 Å². The molecule has 2 aromatic carbocycles. The molecule has 0 saturated heterocycles. The summed E-state index contributed by atoms with van der Waals surface area (Å²) in [4.78, 5) is 60.5. The molecule has 0 spiro atoms. The predicted molar refractivity (Wildman–Crippen MR) is 150 cm³/mol. The second-order valence-electron chi connectivity index (χ2n) is 10.8. The van der Waals surface area contributed by atoms with Gasteiger partial charge in [0.25, 0.3) is 5.78 Å². The van der Waals surface area contributed by atoms with Crippen molar-refractivity contribution in [2.24, 2.45) is 0 Å². The van der Waals surface area contributed by atoms with Crippen molar-refractivity contribution in [2.75, 3.05) is 13.2 Å². The molecule has 0 bridgehead atoms. The normalized spacial score (nSPS) is 13.7. The Labute approximate surface area is 239 Å². The molecule has 3 rings (SSSR count). The number of rotatable bonds is 12. The number of alkyl carbamates (subject to hydrolysis) is 2. The zero-order chi connectivity index (χ0) is 30.2. The first-order valence-corrected chi connectivity index (χ1v) is 13.5. The van der Waals surface area contributed by atoms with E-state index in [2.05, 4.69) is 16.0 Å². The summed E-state index contributed by atoms with van der Waals surface area (Å²) in [5, 5.41) is 16.6. The molecular formula is C30H37N3O8. The van der Waals surface area contributed by atoms with Gasteiger partial charge in [-0.25, -0.2) is 14.4 Å². The van der Waals surface area contributed by atoms with E-state index in [4.69, 9.17) is 9.47 Å². The Morgan fingerprint density at radius 2 is 1.46 bits per heavy atom. The molecule has 1 aliphatic carbocycles. The van der Waals surface area contributed by atoms with E-state index in [0.29, 0.717) is 12.8 Å². The Morgan fingerprint density at radius 3 is 2.02 bits per heavy atom. The molecule has 0 unspecified atom stereocenters. The Morgan fingerprint density at radius 1 is 0.878 bits per heavy atom. The highest BCUT2D eigenvalue weighted by Crippen LogP contribution is 2.44. The van der Waals surface area contributed by atoms with E-state index in [9.17, 15) is 29.1 Å². The molecular weight excluding hydrogens is 530 g/mol. The molecule has 0 radical (unpaired) electrons. The maximum Gasteiger partial charge on any atom is 0.407 e. The number of ketones is 1. The molecule has 2 atom stereocenters. The van der Waals surface area contributed by atoms with E-state index in [1.54, 1.807) is 20.8 Å². The van der Waals surface area contributed by atoms with Crippen molar-refractivity contribution >= 4 is 29.8 Å². The molecule has 2 aromatic rings. The van der Waals surface area contributed by atoms with Crippen LogP contribution in [0.15, 0.2) is 48.5 Å². The van der Waals surface area contributed by atoms with E-state index in [-0.39, 0.29) is 25.5 Å². The van der Waals surface area contributed by atoms with E-state index in [0.717, 1.165) is 22.3 Å². The quantitative estimate of drug-likeness (QED) is 0.223. The summed E-state index contributed by atoms with van der Waals surface area (Å²) in [5.41, 5.74) is 3.61. The van der Waals surface area contributed by atoms with Crippen LogP contribution >= 0.6 is 0 Å². The summed E-state index contributed by atoms with van der Waals surface area (Å²) in [5.74, 6) is -3.74. The van der Waals surface area contributed by atoms with Crippen molar-refractivity contribution in [3.05, 3.63) is 59.7 Å².